The highest BCUT2D eigenvalue weighted by molar-refractivity contribution is 9.10. The minimum absolute atomic E-state index is 0.139. The number of methoxy groups -OCH3 is 1. The molecule has 0 amide bonds. The smallest absolute Gasteiger partial charge is 0.358 e. The van der Waals surface area contributed by atoms with Gasteiger partial charge in [-0.3, -0.25) is 0 Å². The Kier molecular flexibility index (Phi) is 3.22. The van der Waals surface area contributed by atoms with E-state index in [0.29, 0.717) is 10.3 Å². The summed E-state index contributed by atoms with van der Waals surface area (Å²) in [5.74, 6) is -0.118. The van der Waals surface area contributed by atoms with Crippen LogP contribution in [0.15, 0.2) is 4.47 Å². The van der Waals surface area contributed by atoms with Gasteiger partial charge < -0.3 is 4.74 Å². The van der Waals surface area contributed by atoms with Gasteiger partial charge in [-0.25, -0.2) is 14.8 Å². The maximum Gasteiger partial charge on any atom is 0.358 e. The first kappa shape index (κ1) is 10.4. The van der Waals surface area contributed by atoms with Crippen LogP contribution < -0.4 is 0 Å². The second kappa shape index (κ2) is 4.02. The van der Waals surface area contributed by atoms with Crippen molar-refractivity contribution in [1.29, 1.82) is 0 Å². The van der Waals surface area contributed by atoms with Crippen LogP contribution in [0.1, 0.15) is 16.3 Å². The van der Waals surface area contributed by atoms with Crippen molar-refractivity contribution in [3.63, 3.8) is 0 Å². The minimum Gasteiger partial charge on any atom is -0.464 e. The summed E-state index contributed by atoms with van der Waals surface area (Å²) in [5, 5.41) is 0.202. The second-order valence-electron chi connectivity index (χ2n) is 2.22. The van der Waals surface area contributed by atoms with Crippen LogP contribution in [0.25, 0.3) is 0 Å². The zero-order valence-corrected chi connectivity index (χ0v) is 9.31. The average Bonchev–Trinajstić information content (AvgIpc) is 2.10. The quantitative estimate of drug-likeness (QED) is 0.575. The largest absolute Gasteiger partial charge is 0.464 e. The van der Waals surface area contributed by atoms with E-state index in [1.165, 1.54) is 7.11 Å². The third-order valence-corrected chi connectivity index (χ3v) is 2.55. The van der Waals surface area contributed by atoms with Crippen molar-refractivity contribution in [1.82, 2.24) is 9.97 Å². The monoisotopic (exact) mass is 264 g/mol. The summed E-state index contributed by atoms with van der Waals surface area (Å²) in [4.78, 5) is 18.9. The van der Waals surface area contributed by atoms with Crippen molar-refractivity contribution in [2.45, 2.75) is 6.92 Å². The van der Waals surface area contributed by atoms with E-state index in [-0.39, 0.29) is 10.8 Å². The molecule has 0 aliphatic heterocycles. The predicted molar refractivity (Wildman–Crippen MR) is 50.8 cm³/mol. The molecule has 1 aromatic heterocycles. The summed E-state index contributed by atoms with van der Waals surface area (Å²) >= 11 is 8.81. The van der Waals surface area contributed by atoms with Gasteiger partial charge >= 0.3 is 5.97 Å². The molecule has 1 aromatic rings. The molecule has 70 valence electrons. The molecule has 1 rings (SSSR count). The van der Waals surface area contributed by atoms with Crippen molar-refractivity contribution < 1.29 is 9.53 Å². The van der Waals surface area contributed by atoms with Gasteiger partial charge in [0.1, 0.15) is 11.0 Å². The predicted octanol–water partition coefficient (Wildman–Crippen LogP) is 1.99. The van der Waals surface area contributed by atoms with E-state index in [2.05, 4.69) is 30.6 Å². The standard InChI is InChI=1S/C7H6BrClN2O2/c1-3-10-5(7(12)13-2)4(8)6(9)11-3/h1-2H3. The normalized spacial score (nSPS) is 9.85. The Morgan fingerprint density at radius 1 is 1.54 bits per heavy atom. The van der Waals surface area contributed by atoms with Crippen LogP contribution >= 0.6 is 27.5 Å². The molecule has 0 aliphatic rings. The molecule has 4 nitrogen and oxygen atoms in total. The summed E-state index contributed by atoms with van der Waals surface area (Å²) in [6.07, 6.45) is 0. The van der Waals surface area contributed by atoms with Crippen LogP contribution in [-0.2, 0) is 4.74 Å². The lowest BCUT2D eigenvalue weighted by Crippen LogP contribution is -2.08. The summed E-state index contributed by atoms with van der Waals surface area (Å²) in [5.41, 5.74) is 0.139. The summed E-state index contributed by atoms with van der Waals surface area (Å²) in [6.45, 7) is 1.64. The number of carbonyl (C=O) groups is 1. The molecule has 0 unspecified atom stereocenters. The molecule has 13 heavy (non-hydrogen) atoms. The Morgan fingerprint density at radius 2 is 2.15 bits per heavy atom. The van der Waals surface area contributed by atoms with Crippen molar-refractivity contribution in [2.24, 2.45) is 0 Å². The highest BCUT2D eigenvalue weighted by Crippen LogP contribution is 2.23. The summed E-state index contributed by atoms with van der Waals surface area (Å²) in [7, 11) is 1.28. The molecule has 0 aromatic carbocycles. The van der Waals surface area contributed by atoms with Crippen LogP contribution in [0.5, 0.6) is 0 Å². The first-order chi connectivity index (χ1) is 6.06. The molecule has 0 saturated carbocycles. The number of halogens is 2. The van der Waals surface area contributed by atoms with E-state index in [4.69, 9.17) is 11.6 Å². The molecule has 0 radical (unpaired) electrons. The fourth-order valence-electron chi connectivity index (χ4n) is 0.757. The lowest BCUT2D eigenvalue weighted by Gasteiger charge is -2.03. The van der Waals surface area contributed by atoms with Crippen LogP contribution in [0.3, 0.4) is 0 Å². The molecular formula is C7H6BrClN2O2. The van der Waals surface area contributed by atoms with Crippen molar-refractivity contribution in [3.8, 4) is 0 Å². The zero-order valence-electron chi connectivity index (χ0n) is 6.97. The SMILES string of the molecule is COC(=O)c1nc(C)nc(Cl)c1Br. The van der Waals surface area contributed by atoms with Gasteiger partial charge in [0.25, 0.3) is 0 Å². The number of ether oxygens (including phenoxy) is 1. The summed E-state index contributed by atoms with van der Waals surface area (Å²) in [6, 6.07) is 0. The van der Waals surface area contributed by atoms with E-state index in [1.807, 2.05) is 0 Å². The Morgan fingerprint density at radius 3 is 2.69 bits per heavy atom. The number of aromatic nitrogens is 2. The Bertz CT molecular complexity index is 357. The molecular weight excluding hydrogens is 259 g/mol. The number of nitrogens with zero attached hydrogens (tertiary/aromatic N) is 2. The highest BCUT2D eigenvalue weighted by Gasteiger charge is 2.16. The molecule has 0 fully saturated rings. The molecule has 0 aliphatic carbocycles. The fraction of sp³-hybridized carbons (Fsp3) is 0.286. The fourth-order valence-corrected chi connectivity index (χ4v) is 1.31. The number of aryl methyl sites for hydroxylation is 1. The second-order valence-corrected chi connectivity index (χ2v) is 3.37. The van der Waals surface area contributed by atoms with Crippen LogP contribution in [-0.4, -0.2) is 23.0 Å². The van der Waals surface area contributed by atoms with Gasteiger partial charge in [-0.05, 0) is 22.9 Å². The Hall–Kier alpha value is -0.680. The third-order valence-electron chi connectivity index (χ3n) is 1.30. The summed E-state index contributed by atoms with van der Waals surface area (Å²) < 4.78 is 4.86. The molecule has 6 heteroatoms. The number of rotatable bonds is 1. The molecule has 0 spiro atoms. The van der Waals surface area contributed by atoms with Crippen molar-refractivity contribution in [3.05, 3.63) is 21.1 Å². The maximum absolute atomic E-state index is 11.1. The molecule has 0 N–H and O–H groups in total. The molecule has 0 bridgehead atoms. The number of hydrogen-bond acceptors (Lipinski definition) is 4. The van der Waals surface area contributed by atoms with Gasteiger partial charge in [0, 0.05) is 0 Å². The van der Waals surface area contributed by atoms with Crippen molar-refractivity contribution in [2.75, 3.05) is 7.11 Å². The molecule has 1 heterocycles. The van der Waals surface area contributed by atoms with Crippen molar-refractivity contribution >= 4 is 33.5 Å². The lowest BCUT2D eigenvalue weighted by molar-refractivity contribution is 0.0592. The van der Waals surface area contributed by atoms with Gasteiger partial charge in [-0.1, -0.05) is 11.6 Å². The van der Waals surface area contributed by atoms with E-state index < -0.39 is 5.97 Å². The highest BCUT2D eigenvalue weighted by atomic mass is 79.9. The number of hydrogen-bond donors (Lipinski definition) is 0. The number of esters is 1. The van der Waals surface area contributed by atoms with Gasteiger partial charge in [0.15, 0.2) is 5.69 Å². The topological polar surface area (TPSA) is 52.1 Å². The third kappa shape index (κ3) is 2.16. The molecule has 0 saturated heterocycles. The Labute approximate surface area is 88.4 Å². The van der Waals surface area contributed by atoms with E-state index in [9.17, 15) is 4.79 Å². The lowest BCUT2D eigenvalue weighted by atomic mass is 10.4. The van der Waals surface area contributed by atoms with Crippen LogP contribution in [0.2, 0.25) is 5.15 Å². The first-order valence-electron chi connectivity index (χ1n) is 3.34. The first-order valence-corrected chi connectivity index (χ1v) is 4.51. The maximum atomic E-state index is 11.1. The minimum atomic E-state index is -0.542. The van der Waals surface area contributed by atoms with E-state index in [0.717, 1.165) is 0 Å². The van der Waals surface area contributed by atoms with E-state index in [1.54, 1.807) is 6.92 Å². The average molecular weight is 265 g/mol. The van der Waals surface area contributed by atoms with E-state index >= 15 is 0 Å². The Balaban J connectivity index is 3.28. The van der Waals surface area contributed by atoms with Gasteiger partial charge in [0.2, 0.25) is 0 Å². The van der Waals surface area contributed by atoms with Gasteiger partial charge in [-0.15, -0.1) is 0 Å². The molecule has 0 atom stereocenters. The van der Waals surface area contributed by atoms with Crippen LogP contribution in [0, 0.1) is 6.92 Å². The zero-order chi connectivity index (χ0) is 10.0. The van der Waals surface area contributed by atoms with Crippen LogP contribution in [0.4, 0.5) is 0 Å². The number of carbonyl (C=O) groups excluding carboxylic acids is 1. The van der Waals surface area contributed by atoms with Gasteiger partial charge in [0.05, 0.1) is 11.6 Å². The van der Waals surface area contributed by atoms with Gasteiger partial charge in [-0.2, -0.15) is 0 Å².